The molecule has 1 aromatic rings. The summed E-state index contributed by atoms with van der Waals surface area (Å²) in [6.07, 6.45) is -4.91. The number of benzene rings is 1. The molecule has 0 unspecified atom stereocenters. The van der Waals surface area contributed by atoms with Crippen molar-refractivity contribution < 1.29 is 37.1 Å². The van der Waals surface area contributed by atoms with Crippen molar-refractivity contribution in [1.82, 2.24) is 10.2 Å². The fourth-order valence-corrected chi connectivity index (χ4v) is 2.30. The average molecular weight is 372 g/mol. The number of carbonyl (C=O) groups excluding carboxylic acids is 4. The molecule has 10 heteroatoms. The molecule has 1 N–H and O–H groups in total. The van der Waals surface area contributed by atoms with Crippen molar-refractivity contribution in [2.24, 2.45) is 0 Å². The third-order valence-corrected chi connectivity index (χ3v) is 3.53. The van der Waals surface area contributed by atoms with Crippen molar-refractivity contribution >= 4 is 23.7 Å². The Bertz CT molecular complexity index is 733. The second-order valence-electron chi connectivity index (χ2n) is 5.49. The lowest BCUT2D eigenvalue weighted by molar-refractivity contribution is -0.151. The number of esters is 1. The number of rotatable bonds is 6. The van der Waals surface area contributed by atoms with E-state index in [1.165, 1.54) is 0 Å². The first-order valence-electron chi connectivity index (χ1n) is 7.59. The van der Waals surface area contributed by atoms with Gasteiger partial charge in [0.05, 0.1) is 12.8 Å². The highest BCUT2D eigenvalue weighted by Gasteiger charge is 2.31. The van der Waals surface area contributed by atoms with E-state index >= 15 is 0 Å². The summed E-state index contributed by atoms with van der Waals surface area (Å²) in [5.74, 6) is -3.02. The summed E-state index contributed by atoms with van der Waals surface area (Å²) in [5.41, 5.74) is 0.967. The van der Waals surface area contributed by atoms with Crippen molar-refractivity contribution in [3.63, 3.8) is 0 Å². The maximum Gasteiger partial charge on any atom is 0.405 e. The van der Waals surface area contributed by atoms with Crippen LogP contribution in [0.15, 0.2) is 24.3 Å². The van der Waals surface area contributed by atoms with E-state index in [1.54, 1.807) is 29.6 Å². The van der Waals surface area contributed by atoms with Gasteiger partial charge in [-0.2, -0.15) is 13.2 Å². The highest BCUT2D eigenvalue weighted by molar-refractivity contribution is 6.09. The molecular formula is C16H15F3N2O5. The van der Waals surface area contributed by atoms with Gasteiger partial charge in [-0.25, -0.2) is 0 Å². The van der Waals surface area contributed by atoms with Crippen LogP contribution < -0.4 is 5.32 Å². The second-order valence-corrected chi connectivity index (χ2v) is 5.49. The smallest absolute Gasteiger partial charge is 0.405 e. The van der Waals surface area contributed by atoms with E-state index in [-0.39, 0.29) is 19.4 Å². The van der Waals surface area contributed by atoms with E-state index in [2.05, 4.69) is 4.74 Å². The van der Waals surface area contributed by atoms with Gasteiger partial charge in [-0.15, -0.1) is 0 Å². The fourth-order valence-electron chi connectivity index (χ4n) is 2.30. The molecule has 7 nitrogen and oxygen atoms in total. The number of nitrogens with one attached hydrogen (secondary N) is 1. The molecule has 0 radical (unpaired) electrons. The summed E-state index contributed by atoms with van der Waals surface area (Å²) < 4.78 is 40.3. The minimum Gasteiger partial charge on any atom is -0.456 e. The number of carbonyl (C=O) groups is 4. The molecule has 1 heterocycles. The lowest BCUT2D eigenvalue weighted by Gasteiger charge is -2.26. The van der Waals surface area contributed by atoms with Crippen LogP contribution in [-0.4, -0.2) is 54.5 Å². The first kappa shape index (κ1) is 19.4. The number of nitrogens with zero attached hydrogens (tertiary/aromatic N) is 1. The van der Waals surface area contributed by atoms with Gasteiger partial charge in [-0.1, -0.05) is 18.2 Å². The zero-order chi connectivity index (χ0) is 19.3. The van der Waals surface area contributed by atoms with Crippen molar-refractivity contribution in [3.05, 3.63) is 35.4 Å². The van der Waals surface area contributed by atoms with Crippen LogP contribution >= 0.6 is 0 Å². The van der Waals surface area contributed by atoms with Crippen LogP contribution in [0.5, 0.6) is 0 Å². The highest BCUT2D eigenvalue weighted by Crippen LogP contribution is 2.19. The number of hydrogen-bond acceptors (Lipinski definition) is 5. The largest absolute Gasteiger partial charge is 0.456 e. The zero-order valence-electron chi connectivity index (χ0n) is 13.5. The molecule has 26 heavy (non-hydrogen) atoms. The predicted molar refractivity (Wildman–Crippen MR) is 80.8 cm³/mol. The predicted octanol–water partition coefficient (Wildman–Crippen LogP) is 0.823. The molecular weight excluding hydrogens is 357 g/mol. The summed E-state index contributed by atoms with van der Waals surface area (Å²) in [4.78, 5) is 47.9. The molecule has 0 atom stereocenters. The molecule has 1 aliphatic rings. The number of ether oxygens (including phenoxy) is 1. The Balaban J connectivity index is 1.80. The monoisotopic (exact) mass is 372 g/mol. The van der Waals surface area contributed by atoms with Crippen LogP contribution in [0.25, 0.3) is 0 Å². The van der Waals surface area contributed by atoms with E-state index < -0.39 is 43.0 Å². The van der Waals surface area contributed by atoms with Crippen LogP contribution in [0.2, 0.25) is 0 Å². The topological polar surface area (TPSA) is 92.8 Å². The molecule has 0 saturated carbocycles. The van der Waals surface area contributed by atoms with Gasteiger partial charge < -0.3 is 10.1 Å². The van der Waals surface area contributed by atoms with Crippen LogP contribution in [0, 0.1) is 0 Å². The summed E-state index contributed by atoms with van der Waals surface area (Å²) in [6, 6.07) is 6.59. The first-order chi connectivity index (χ1) is 12.2. The molecule has 0 spiro atoms. The van der Waals surface area contributed by atoms with E-state index in [0.29, 0.717) is 11.1 Å². The minimum atomic E-state index is -4.56. The standard InChI is InChI=1S/C16H15F3N2O5/c17-16(18,19)9-20-12(22)8-26-14(24)5-6-21-13(23)7-10-3-1-2-4-11(10)15(21)25/h1-4H,5-9H2,(H,20,22). The van der Waals surface area contributed by atoms with Crippen LogP contribution in [0.1, 0.15) is 22.3 Å². The van der Waals surface area contributed by atoms with Gasteiger partial charge in [0.1, 0.15) is 6.54 Å². The van der Waals surface area contributed by atoms with Crippen LogP contribution in [0.4, 0.5) is 13.2 Å². The van der Waals surface area contributed by atoms with Crippen LogP contribution in [0.3, 0.4) is 0 Å². The van der Waals surface area contributed by atoms with E-state index in [1.807, 2.05) is 0 Å². The summed E-state index contributed by atoms with van der Waals surface area (Å²) >= 11 is 0. The Hall–Kier alpha value is -2.91. The van der Waals surface area contributed by atoms with Crippen molar-refractivity contribution in [2.45, 2.75) is 19.0 Å². The Labute approximate surface area is 146 Å². The summed E-state index contributed by atoms with van der Waals surface area (Å²) in [6.45, 7) is -2.64. The van der Waals surface area contributed by atoms with E-state index in [9.17, 15) is 32.3 Å². The van der Waals surface area contributed by atoms with Crippen molar-refractivity contribution in [1.29, 1.82) is 0 Å². The third kappa shape index (κ3) is 5.30. The molecule has 140 valence electrons. The Kier molecular flexibility index (Phi) is 5.96. The molecule has 2 rings (SSSR count). The third-order valence-electron chi connectivity index (χ3n) is 3.53. The van der Waals surface area contributed by atoms with Gasteiger partial charge in [0.15, 0.2) is 6.61 Å². The Morgan fingerprint density at radius 1 is 1.19 bits per heavy atom. The number of imide groups is 1. The first-order valence-corrected chi connectivity index (χ1v) is 7.59. The molecule has 0 saturated heterocycles. The maximum absolute atomic E-state index is 12.3. The normalized spacial score (nSPS) is 14.0. The van der Waals surface area contributed by atoms with Crippen molar-refractivity contribution in [3.8, 4) is 0 Å². The van der Waals surface area contributed by atoms with E-state index in [4.69, 9.17) is 0 Å². The second kappa shape index (κ2) is 7.98. The summed E-state index contributed by atoms with van der Waals surface area (Å²) in [7, 11) is 0. The lowest BCUT2D eigenvalue weighted by Crippen LogP contribution is -2.43. The molecule has 0 aromatic heterocycles. The number of alkyl halides is 3. The van der Waals surface area contributed by atoms with E-state index in [0.717, 1.165) is 4.90 Å². The molecule has 1 aromatic carbocycles. The SMILES string of the molecule is O=C(COC(=O)CCN1C(=O)Cc2ccccc2C1=O)NCC(F)(F)F. The molecule has 0 aliphatic carbocycles. The molecule has 0 fully saturated rings. The van der Waals surface area contributed by atoms with Crippen molar-refractivity contribution in [2.75, 3.05) is 19.7 Å². The van der Waals surface area contributed by atoms with Gasteiger partial charge in [0.25, 0.3) is 11.8 Å². The number of hydrogen-bond donors (Lipinski definition) is 1. The number of halogens is 3. The fraction of sp³-hybridized carbons (Fsp3) is 0.375. The van der Waals surface area contributed by atoms with Gasteiger partial charge in [0, 0.05) is 12.1 Å². The lowest BCUT2D eigenvalue weighted by atomic mass is 9.98. The number of amides is 3. The zero-order valence-corrected chi connectivity index (χ0v) is 13.5. The molecule has 1 aliphatic heterocycles. The Morgan fingerprint density at radius 2 is 1.88 bits per heavy atom. The molecule has 0 bridgehead atoms. The highest BCUT2D eigenvalue weighted by atomic mass is 19.4. The van der Waals surface area contributed by atoms with Crippen LogP contribution in [-0.2, 0) is 25.5 Å². The van der Waals surface area contributed by atoms with Gasteiger partial charge in [0.2, 0.25) is 5.91 Å². The van der Waals surface area contributed by atoms with Gasteiger partial charge in [-0.05, 0) is 11.6 Å². The maximum atomic E-state index is 12.3. The summed E-state index contributed by atoms with van der Waals surface area (Å²) in [5, 5.41) is 1.55. The van der Waals surface area contributed by atoms with Gasteiger partial charge >= 0.3 is 12.1 Å². The number of fused-ring (bicyclic) bond motifs is 1. The Morgan fingerprint density at radius 3 is 2.58 bits per heavy atom. The quantitative estimate of drug-likeness (QED) is 0.590. The minimum absolute atomic E-state index is 0.0246. The average Bonchev–Trinajstić information content (AvgIpc) is 2.57. The van der Waals surface area contributed by atoms with Gasteiger partial charge in [-0.3, -0.25) is 24.1 Å². The molecule has 3 amide bonds.